The quantitative estimate of drug-likeness (QED) is 0.617. The first-order valence-electron chi connectivity index (χ1n) is 10.9. The van der Waals surface area contributed by atoms with Crippen molar-refractivity contribution in [3.05, 3.63) is 71.5 Å². The molecule has 0 aliphatic carbocycles. The normalized spacial score (nSPS) is 16.4. The number of fused-ring (bicyclic) bond motifs is 2. The number of hydrogen-bond acceptors (Lipinski definition) is 4. The molecule has 1 fully saturated rings. The molecule has 2 heterocycles. The van der Waals surface area contributed by atoms with Gasteiger partial charge in [0, 0.05) is 55.9 Å². The van der Waals surface area contributed by atoms with E-state index in [-0.39, 0.29) is 11.7 Å². The molecule has 0 bridgehead atoms. The molecule has 0 atom stereocenters. The van der Waals surface area contributed by atoms with E-state index in [0.717, 1.165) is 72.5 Å². The molecule has 0 radical (unpaired) electrons. The van der Waals surface area contributed by atoms with E-state index in [4.69, 9.17) is 4.74 Å². The van der Waals surface area contributed by atoms with Crippen molar-refractivity contribution in [2.45, 2.75) is 13.0 Å². The highest BCUT2D eigenvalue weighted by Crippen LogP contribution is 2.30. The zero-order valence-electron chi connectivity index (χ0n) is 17.4. The van der Waals surface area contributed by atoms with Gasteiger partial charge in [-0.2, -0.15) is 0 Å². The molecule has 0 spiro atoms. The Morgan fingerprint density at radius 3 is 2.65 bits per heavy atom. The molecule has 160 valence electrons. The highest BCUT2D eigenvalue weighted by molar-refractivity contribution is 5.98. The van der Waals surface area contributed by atoms with Gasteiger partial charge in [0.2, 0.25) is 0 Å². The summed E-state index contributed by atoms with van der Waals surface area (Å²) in [5.74, 6) is 0.569. The molecule has 2 aliphatic heterocycles. The predicted molar refractivity (Wildman–Crippen MR) is 120 cm³/mol. The molecule has 0 unspecified atom stereocenters. The topological polar surface area (TPSA) is 44.8 Å². The monoisotopic (exact) mass is 419 g/mol. The molecule has 1 saturated heterocycles. The van der Waals surface area contributed by atoms with Gasteiger partial charge in [-0.1, -0.05) is 30.3 Å². The Hall–Kier alpha value is -3.12. The summed E-state index contributed by atoms with van der Waals surface area (Å²) in [5.41, 5.74) is 2.74. The number of nitrogens with one attached hydrogen (secondary N) is 1. The van der Waals surface area contributed by atoms with Gasteiger partial charge in [-0.15, -0.1) is 0 Å². The van der Waals surface area contributed by atoms with E-state index in [1.807, 2.05) is 42.5 Å². The van der Waals surface area contributed by atoms with Crippen LogP contribution in [-0.4, -0.2) is 50.1 Å². The van der Waals surface area contributed by atoms with Crippen LogP contribution in [0.1, 0.15) is 22.3 Å². The number of carbonyl (C=O) groups is 1. The van der Waals surface area contributed by atoms with Gasteiger partial charge in [0.25, 0.3) is 5.91 Å². The van der Waals surface area contributed by atoms with Crippen molar-refractivity contribution >= 4 is 22.4 Å². The lowest BCUT2D eigenvalue weighted by Gasteiger charge is -2.36. The average Bonchev–Trinajstić information content (AvgIpc) is 3.17. The Balaban J connectivity index is 1.11. The van der Waals surface area contributed by atoms with Crippen LogP contribution in [0.2, 0.25) is 0 Å². The lowest BCUT2D eigenvalue weighted by molar-refractivity contribution is 0.0965. The minimum absolute atomic E-state index is 0.0237. The smallest absolute Gasteiger partial charge is 0.252 e. The summed E-state index contributed by atoms with van der Waals surface area (Å²) in [4.78, 5) is 16.5. The molecular formula is C25H26FN3O2. The lowest BCUT2D eigenvalue weighted by Crippen LogP contribution is -2.46. The second kappa shape index (κ2) is 8.55. The molecule has 1 N–H and O–H groups in total. The van der Waals surface area contributed by atoms with Crippen molar-refractivity contribution in [2.75, 3.05) is 44.2 Å². The minimum atomic E-state index is -0.156. The number of hydrogen-bond donors (Lipinski definition) is 1. The largest absolute Gasteiger partial charge is 0.494 e. The van der Waals surface area contributed by atoms with Crippen LogP contribution in [0.4, 0.5) is 10.1 Å². The van der Waals surface area contributed by atoms with E-state index in [9.17, 15) is 9.18 Å². The van der Waals surface area contributed by atoms with Crippen molar-refractivity contribution in [3.8, 4) is 5.75 Å². The van der Waals surface area contributed by atoms with Gasteiger partial charge >= 0.3 is 0 Å². The van der Waals surface area contributed by atoms with E-state index >= 15 is 0 Å². The zero-order chi connectivity index (χ0) is 21.2. The number of piperazine rings is 1. The number of carbonyl (C=O) groups excluding carboxylic acids is 1. The fourth-order valence-electron chi connectivity index (χ4n) is 4.51. The summed E-state index contributed by atoms with van der Waals surface area (Å²) in [7, 11) is 0. The summed E-state index contributed by atoms with van der Waals surface area (Å²) >= 11 is 0. The van der Waals surface area contributed by atoms with E-state index in [0.29, 0.717) is 13.2 Å². The van der Waals surface area contributed by atoms with E-state index in [2.05, 4.69) is 15.1 Å². The van der Waals surface area contributed by atoms with Crippen molar-refractivity contribution in [2.24, 2.45) is 0 Å². The number of rotatable bonds is 6. The van der Waals surface area contributed by atoms with Gasteiger partial charge < -0.3 is 15.0 Å². The number of anilines is 1. The van der Waals surface area contributed by atoms with Crippen molar-refractivity contribution in [1.29, 1.82) is 0 Å². The van der Waals surface area contributed by atoms with Crippen molar-refractivity contribution in [1.82, 2.24) is 10.2 Å². The Labute approximate surface area is 181 Å². The van der Waals surface area contributed by atoms with E-state index in [1.165, 1.54) is 6.07 Å². The van der Waals surface area contributed by atoms with Crippen molar-refractivity contribution in [3.63, 3.8) is 0 Å². The fourth-order valence-corrected chi connectivity index (χ4v) is 4.51. The highest BCUT2D eigenvalue weighted by Gasteiger charge is 2.20. The first-order valence-corrected chi connectivity index (χ1v) is 10.9. The highest BCUT2D eigenvalue weighted by atomic mass is 19.1. The molecule has 3 aromatic rings. The van der Waals surface area contributed by atoms with Crippen LogP contribution in [-0.2, 0) is 6.54 Å². The summed E-state index contributed by atoms with van der Waals surface area (Å²) in [6.45, 7) is 5.85. The van der Waals surface area contributed by atoms with Crippen LogP contribution in [0.25, 0.3) is 10.8 Å². The Morgan fingerprint density at radius 1 is 1.00 bits per heavy atom. The third kappa shape index (κ3) is 4.08. The SMILES string of the molecule is O=C1NCc2ccc(OCCCN3CCN(c4cccc5cccc(F)c45)CC3)cc21. The first-order chi connectivity index (χ1) is 15.2. The van der Waals surface area contributed by atoms with Crippen molar-refractivity contribution < 1.29 is 13.9 Å². The predicted octanol–water partition coefficient (Wildman–Crippen LogP) is 3.81. The number of ether oxygens (including phenoxy) is 1. The molecule has 6 heteroatoms. The van der Waals surface area contributed by atoms with Gasteiger partial charge in [0.05, 0.1) is 6.61 Å². The summed E-state index contributed by atoms with van der Waals surface area (Å²) in [6, 6.07) is 17.0. The number of benzene rings is 3. The third-order valence-corrected chi connectivity index (χ3v) is 6.20. The number of amides is 1. The second-order valence-corrected chi connectivity index (χ2v) is 8.15. The van der Waals surface area contributed by atoms with Crippen LogP contribution in [0.15, 0.2) is 54.6 Å². The molecule has 5 rings (SSSR count). The van der Waals surface area contributed by atoms with E-state index in [1.54, 1.807) is 6.07 Å². The maximum absolute atomic E-state index is 14.4. The third-order valence-electron chi connectivity index (χ3n) is 6.20. The maximum Gasteiger partial charge on any atom is 0.252 e. The van der Waals surface area contributed by atoms with E-state index < -0.39 is 0 Å². The Kier molecular flexibility index (Phi) is 5.47. The molecule has 0 saturated carbocycles. The molecule has 3 aromatic carbocycles. The summed E-state index contributed by atoms with van der Waals surface area (Å²) < 4.78 is 20.3. The van der Waals surface area contributed by atoms with Crippen LogP contribution in [0.5, 0.6) is 5.75 Å². The summed E-state index contributed by atoms with van der Waals surface area (Å²) in [5, 5.41) is 4.49. The average molecular weight is 420 g/mol. The standard InChI is InChI=1S/C25H26FN3O2/c26-22-6-1-4-18-5-2-7-23(24(18)22)29-13-11-28(12-14-29)10-3-15-31-20-9-8-19-17-27-25(30)21(19)16-20/h1-2,4-9,16H,3,10-15,17H2,(H,27,30). The molecular weight excluding hydrogens is 393 g/mol. The summed E-state index contributed by atoms with van der Waals surface area (Å²) in [6.07, 6.45) is 0.923. The molecule has 31 heavy (non-hydrogen) atoms. The molecule has 5 nitrogen and oxygen atoms in total. The van der Waals surface area contributed by atoms with Gasteiger partial charge in [-0.3, -0.25) is 9.69 Å². The van der Waals surface area contributed by atoms with Crippen LogP contribution >= 0.6 is 0 Å². The molecule has 0 aromatic heterocycles. The van der Waals surface area contributed by atoms with Gasteiger partial charge in [0.1, 0.15) is 11.6 Å². The molecule has 2 aliphatic rings. The van der Waals surface area contributed by atoms with Gasteiger partial charge in [0.15, 0.2) is 0 Å². The van der Waals surface area contributed by atoms with Crippen LogP contribution in [0, 0.1) is 5.82 Å². The van der Waals surface area contributed by atoms with Gasteiger partial charge in [-0.25, -0.2) is 4.39 Å². The lowest BCUT2D eigenvalue weighted by atomic mass is 10.1. The fraction of sp³-hybridized carbons (Fsp3) is 0.320. The van der Waals surface area contributed by atoms with Gasteiger partial charge in [-0.05, 0) is 41.6 Å². The van der Waals surface area contributed by atoms with Crippen LogP contribution in [0.3, 0.4) is 0 Å². The minimum Gasteiger partial charge on any atom is -0.494 e. The maximum atomic E-state index is 14.4. The number of nitrogens with zero attached hydrogens (tertiary/aromatic N) is 2. The Bertz CT molecular complexity index is 1100. The second-order valence-electron chi connectivity index (χ2n) is 8.15. The van der Waals surface area contributed by atoms with Crippen LogP contribution < -0.4 is 15.0 Å². The Morgan fingerprint density at radius 2 is 1.81 bits per heavy atom. The number of halogens is 1. The zero-order valence-corrected chi connectivity index (χ0v) is 17.4. The molecule has 1 amide bonds. The first kappa shape index (κ1) is 19.8.